The molecule has 1 saturated heterocycles. The van der Waals surface area contributed by atoms with Gasteiger partial charge in [0.2, 0.25) is 0 Å². The number of nitrogens with zero attached hydrogens (tertiary/aromatic N) is 1. The fourth-order valence-corrected chi connectivity index (χ4v) is 6.48. The molecule has 2 bridgehead atoms. The van der Waals surface area contributed by atoms with E-state index in [1.54, 1.807) is 18.2 Å². The lowest BCUT2D eigenvalue weighted by atomic mass is 9.52. The Labute approximate surface area is 211 Å². The van der Waals surface area contributed by atoms with Crippen LogP contribution < -0.4 is 5.32 Å². The molecule has 3 atom stereocenters. The van der Waals surface area contributed by atoms with E-state index >= 15 is 0 Å². The summed E-state index contributed by atoms with van der Waals surface area (Å²) < 4.78 is 27.0. The third-order valence-corrected chi connectivity index (χ3v) is 8.24. The number of piperidine rings is 1. The number of benzene rings is 1. The van der Waals surface area contributed by atoms with Crippen molar-refractivity contribution in [2.75, 3.05) is 92.0 Å². The number of likely N-dealkylation sites (tertiary alicyclic amines) is 1. The molecule has 0 amide bonds. The van der Waals surface area contributed by atoms with Gasteiger partial charge in [0, 0.05) is 30.8 Å². The molecule has 1 heterocycles. The van der Waals surface area contributed by atoms with Crippen molar-refractivity contribution in [2.24, 2.45) is 5.92 Å². The molecule has 4 rings (SSSR count). The Kier molecular flexibility index (Phi) is 10.7. The van der Waals surface area contributed by atoms with E-state index in [9.17, 15) is 0 Å². The zero-order valence-electron chi connectivity index (χ0n) is 21.9. The Hall–Kier alpha value is -1.22. The van der Waals surface area contributed by atoms with Crippen LogP contribution in [0.4, 0.5) is 5.69 Å². The Morgan fingerprint density at radius 1 is 0.886 bits per heavy atom. The quantitative estimate of drug-likeness (QED) is 0.356. The van der Waals surface area contributed by atoms with E-state index in [2.05, 4.69) is 35.5 Å². The molecule has 1 aromatic rings. The molecule has 2 fully saturated rings. The van der Waals surface area contributed by atoms with Crippen molar-refractivity contribution in [1.29, 1.82) is 0 Å². The second-order valence-corrected chi connectivity index (χ2v) is 10.3. The summed E-state index contributed by atoms with van der Waals surface area (Å²) in [6.07, 6.45) is 8.09. The smallest absolute Gasteiger partial charge is 0.0701 e. The van der Waals surface area contributed by atoms with Gasteiger partial charge in [-0.2, -0.15) is 0 Å². The van der Waals surface area contributed by atoms with Gasteiger partial charge in [0.05, 0.1) is 59.5 Å². The molecular weight excluding hydrogens is 444 g/mol. The summed E-state index contributed by atoms with van der Waals surface area (Å²) in [4.78, 5) is 2.64. The van der Waals surface area contributed by atoms with Crippen molar-refractivity contribution in [3.8, 4) is 0 Å². The first-order valence-electron chi connectivity index (χ1n) is 13.6. The summed E-state index contributed by atoms with van der Waals surface area (Å²) in [6.45, 7) is 7.46. The van der Waals surface area contributed by atoms with Crippen LogP contribution >= 0.6 is 0 Å². The number of hydrogen-bond donors (Lipinski definition) is 1. The zero-order valence-corrected chi connectivity index (χ0v) is 21.9. The van der Waals surface area contributed by atoms with Crippen molar-refractivity contribution in [3.63, 3.8) is 0 Å². The van der Waals surface area contributed by atoms with Gasteiger partial charge in [0.15, 0.2) is 0 Å². The molecule has 0 aromatic heterocycles. The van der Waals surface area contributed by atoms with Crippen LogP contribution in [0, 0.1) is 5.92 Å². The number of nitrogens with one attached hydrogen (secondary N) is 1. The molecule has 198 valence electrons. The van der Waals surface area contributed by atoms with Crippen LogP contribution in [-0.2, 0) is 35.5 Å². The Morgan fingerprint density at radius 3 is 2.29 bits per heavy atom. The first-order chi connectivity index (χ1) is 17.2. The average molecular weight is 491 g/mol. The van der Waals surface area contributed by atoms with Gasteiger partial charge in [0.1, 0.15) is 0 Å². The SMILES string of the molecule is COCCOCCOCCOCCOCCNc1ccc2c(c1)C13CCCC[C@H]1[C@@H](C2)N(C)CC3. The summed E-state index contributed by atoms with van der Waals surface area (Å²) in [5.41, 5.74) is 4.88. The number of methoxy groups -OCH3 is 1. The number of ether oxygens (including phenoxy) is 5. The maximum Gasteiger partial charge on any atom is 0.0701 e. The molecular formula is C28H46N2O5. The van der Waals surface area contributed by atoms with Gasteiger partial charge >= 0.3 is 0 Å². The van der Waals surface area contributed by atoms with Gasteiger partial charge in [0.25, 0.3) is 0 Å². The lowest BCUT2D eigenvalue weighted by molar-refractivity contribution is -0.00700. The van der Waals surface area contributed by atoms with E-state index in [0.717, 1.165) is 18.5 Å². The Morgan fingerprint density at radius 2 is 1.57 bits per heavy atom. The van der Waals surface area contributed by atoms with Crippen LogP contribution in [0.2, 0.25) is 0 Å². The maximum atomic E-state index is 5.75. The van der Waals surface area contributed by atoms with Gasteiger partial charge in [-0.25, -0.2) is 0 Å². The van der Waals surface area contributed by atoms with E-state index in [1.807, 2.05) is 0 Å². The third kappa shape index (κ3) is 6.96. The van der Waals surface area contributed by atoms with Crippen molar-refractivity contribution in [2.45, 2.75) is 50.0 Å². The average Bonchev–Trinajstić information content (AvgIpc) is 2.88. The predicted octanol–water partition coefficient (Wildman–Crippen LogP) is 3.50. The summed E-state index contributed by atoms with van der Waals surface area (Å²) in [5, 5.41) is 3.60. The molecule has 2 aliphatic carbocycles. The second kappa shape index (κ2) is 13.9. The molecule has 35 heavy (non-hydrogen) atoms. The molecule has 0 radical (unpaired) electrons. The number of anilines is 1. The van der Waals surface area contributed by atoms with Gasteiger partial charge in [-0.05, 0) is 68.5 Å². The first-order valence-corrected chi connectivity index (χ1v) is 13.6. The van der Waals surface area contributed by atoms with E-state index < -0.39 is 0 Å². The minimum Gasteiger partial charge on any atom is -0.383 e. The van der Waals surface area contributed by atoms with E-state index in [1.165, 1.54) is 50.8 Å². The first kappa shape index (κ1) is 26.8. The van der Waals surface area contributed by atoms with Crippen LogP contribution in [-0.4, -0.2) is 97.7 Å². The minimum absolute atomic E-state index is 0.412. The van der Waals surface area contributed by atoms with E-state index in [-0.39, 0.29) is 0 Å². The number of hydrogen-bond acceptors (Lipinski definition) is 7. The fraction of sp³-hybridized carbons (Fsp3) is 0.786. The minimum atomic E-state index is 0.412. The lowest BCUT2D eigenvalue weighted by Gasteiger charge is -2.58. The molecule has 1 N–H and O–H groups in total. The summed E-state index contributed by atoms with van der Waals surface area (Å²) in [6, 6.07) is 7.86. The number of rotatable bonds is 16. The van der Waals surface area contributed by atoms with Crippen LogP contribution in [0.25, 0.3) is 0 Å². The van der Waals surface area contributed by atoms with Crippen LogP contribution in [0.5, 0.6) is 0 Å². The monoisotopic (exact) mass is 490 g/mol. The molecule has 1 unspecified atom stereocenters. The van der Waals surface area contributed by atoms with Gasteiger partial charge in [-0.1, -0.05) is 18.9 Å². The van der Waals surface area contributed by atoms with Crippen LogP contribution in [0.3, 0.4) is 0 Å². The van der Waals surface area contributed by atoms with Crippen LogP contribution in [0.1, 0.15) is 43.2 Å². The summed E-state index contributed by atoms with van der Waals surface area (Å²) >= 11 is 0. The molecule has 1 aromatic carbocycles. The second-order valence-electron chi connectivity index (χ2n) is 10.3. The molecule has 1 saturated carbocycles. The number of fused-ring (bicyclic) bond motifs is 1. The largest absolute Gasteiger partial charge is 0.383 e. The van der Waals surface area contributed by atoms with Crippen molar-refractivity contribution in [3.05, 3.63) is 29.3 Å². The molecule has 7 nitrogen and oxygen atoms in total. The van der Waals surface area contributed by atoms with Gasteiger partial charge in [-0.3, -0.25) is 0 Å². The standard InChI is InChI=1S/C28H46N2O5/c1-30-11-9-28-8-4-3-5-25(28)27(30)21-23-6-7-24(22-26(23)28)29-10-12-32-15-16-34-19-20-35-18-17-33-14-13-31-2/h6-7,22,25,27,29H,3-5,8-21H2,1-2H3/t25-,27+,28?/m0/s1. The highest BCUT2D eigenvalue weighted by atomic mass is 16.6. The topological polar surface area (TPSA) is 61.4 Å². The predicted molar refractivity (Wildman–Crippen MR) is 138 cm³/mol. The molecule has 3 aliphatic rings. The molecule has 7 heteroatoms. The normalized spacial score (nSPS) is 25.8. The summed E-state index contributed by atoms with van der Waals surface area (Å²) in [7, 11) is 4.00. The van der Waals surface area contributed by atoms with Gasteiger partial charge in [-0.15, -0.1) is 0 Å². The van der Waals surface area contributed by atoms with E-state index in [0.29, 0.717) is 64.9 Å². The van der Waals surface area contributed by atoms with Crippen molar-refractivity contribution >= 4 is 5.69 Å². The Bertz CT molecular complexity index is 763. The fourth-order valence-electron chi connectivity index (χ4n) is 6.48. The maximum absolute atomic E-state index is 5.75. The Balaban J connectivity index is 1.10. The van der Waals surface area contributed by atoms with Crippen molar-refractivity contribution < 1.29 is 23.7 Å². The highest BCUT2D eigenvalue weighted by Gasteiger charge is 2.52. The van der Waals surface area contributed by atoms with Gasteiger partial charge < -0.3 is 33.9 Å². The molecule has 0 spiro atoms. The highest BCUT2D eigenvalue weighted by molar-refractivity contribution is 5.53. The van der Waals surface area contributed by atoms with E-state index in [4.69, 9.17) is 23.7 Å². The van der Waals surface area contributed by atoms with Crippen molar-refractivity contribution in [1.82, 2.24) is 4.90 Å². The lowest BCUT2D eigenvalue weighted by Crippen LogP contribution is -2.59. The van der Waals surface area contributed by atoms with Crippen LogP contribution in [0.15, 0.2) is 18.2 Å². The number of likely N-dealkylation sites (N-methyl/N-ethyl adjacent to an activating group) is 1. The third-order valence-electron chi connectivity index (χ3n) is 8.24. The highest BCUT2D eigenvalue weighted by Crippen LogP contribution is 2.55. The zero-order chi connectivity index (χ0) is 24.3. The molecule has 1 aliphatic heterocycles. The summed E-state index contributed by atoms with van der Waals surface area (Å²) in [5.74, 6) is 0.834.